The van der Waals surface area contributed by atoms with Crippen LogP contribution in [0.2, 0.25) is 0 Å². The van der Waals surface area contributed by atoms with Gasteiger partial charge in [0.2, 0.25) is 0 Å². The molecule has 17 heavy (non-hydrogen) atoms. The van der Waals surface area contributed by atoms with Crippen LogP contribution < -0.4 is 5.73 Å². The van der Waals surface area contributed by atoms with Gasteiger partial charge in [-0.1, -0.05) is 0 Å². The van der Waals surface area contributed by atoms with Crippen LogP contribution in [-0.2, 0) is 11.3 Å². The third kappa shape index (κ3) is 4.19. The number of halogens is 1. The van der Waals surface area contributed by atoms with E-state index in [0.29, 0.717) is 19.1 Å². The second-order valence-corrected chi connectivity index (χ2v) is 3.88. The van der Waals surface area contributed by atoms with E-state index in [1.165, 1.54) is 0 Å². The van der Waals surface area contributed by atoms with Crippen molar-refractivity contribution in [1.29, 1.82) is 0 Å². The van der Waals surface area contributed by atoms with Gasteiger partial charge in [0.15, 0.2) is 5.96 Å². The largest absolute Gasteiger partial charge is 0.467 e. The molecule has 1 aliphatic heterocycles. The van der Waals surface area contributed by atoms with Crippen LogP contribution in [0.4, 0.5) is 0 Å². The number of rotatable bonds is 2. The van der Waals surface area contributed by atoms with Gasteiger partial charge in [-0.15, -0.1) is 24.0 Å². The van der Waals surface area contributed by atoms with Crippen LogP contribution >= 0.6 is 24.0 Å². The SMILES string of the molecule is CC1CN(C(N)=NCc2ccco2)CCO1.I. The van der Waals surface area contributed by atoms with Crippen molar-refractivity contribution in [1.82, 2.24) is 4.90 Å². The molecular weight excluding hydrogens is 333 g/mol. The summed E-state index contributed by atoms with van der Waals surface area (Å²) < 4.78 is 10.6. The fourth-order valence-corrected chi connectivity index (χ4v) is 1.69. The van der Waals surface area contributed by atoms with E-state index in [9.17, 15) is 0 Å². The molecule has 0 aromatic carbocycles. The molecule has 0 amide bonds. The average molecular weight is 351 g/mol. The Labute approximate surface area is 118 Å². The van der Waals surface area contributed by atoms with Crippen molar-refractivity contribution < 1.29 is 9.15 Å². The topological polar surface area (TPSA) is 64.0 Å². The van der Waals surface area contributed by atoms with Gasteiger partial charge < -0.3 is 19.8 Å². The van der Waals surface area contributed by atoms with Crippen LogP contribution in [0.15, 0.2) is 27.8 Å². The Morgan fingerprint density at radius 3 is 3.12 bits per heavy atom. The Hall–Kier alpha value is -0.760. The summed E-state index contributed by atoms with van der Waals surface area (Å²) in [5, 5.41) is 0. The van der Waals surface area contributed by atoms with E-state index in [0.717, 1.165) is 18.8 Å². The van der Waals surface area contributed by atoms with Gasteiger partial charge in [0, 0.05) is 13.1 Å². The smallest absolute Gasteiger partial charge is 0.191 e. The van der Waals surface area contributed by atoms with Crippen LogP contribution in [0.3, 0.4) is 0 Å². The fourth-order valence-electron chi connectivity index (χ4n) is 1.69. The van der Waals surface area contributed by atoms with Gasteiger partial charge in [-0.3, -0.25) is 0 Å². The lowest BCUT2D eigenvalue weighted by Gasteiger charge is -2.31. The van der Waals surface area contributed by atoms with Gasteiger partial charge >= 0.3 is 0 Å². The van der Waals surface area contributed by atoms with Gasteiger partial charge in [-0.25, -0.2) is 4.99 Å². The molecule has 1 fully saturated rings. The highest BCUT2D eigenvalue weighted by atomic mass is 127. The van der Waals surface area contributed by atoms with Crippen molar-refractivity contribution in [3.63, 3.8) is 0 Å². The molecular formula is C11H18IN3O2. The molecule has 96 valence electrons. The monoisotopic (exact) mass is 351 g/mol. The Morgan fingerprint density at radius 1 is 1.65 bits per heavy atom. The minimum absolute atomic E-state index is 0. The number of nitrogens with two attached hydrogens (primary N) is 1. The predicted molar refractivity (Wildman–Crippen MR) is 76.4 cm³/mol. The zero-order valence-corrected chi connectivity index (χ0v) is 12.2. The molecule has 1 aliphatic rings. The number of morpholine rings is 1. The summed E-state index contributed by atoms with van der Waals surface area (Å²) in [7, 11) is 0. The van der Waals surface area contributed by atoms with E-state index in [-0.39, 0.29) is 30.1 Å². The van der Waals surface area contributed by atoms with Crippen molar-refractivity contribution in [2.45, 2.75) is 19.6 Å². The van der Waals surface area contributed by atoms with Crippen LogP contribution in [0.25, 0.3) is 0 Å². The molecule has 0 bridgehead atoms. The first-order valence-electron chi connectivity index (χ1n) is 5.44. The molecule has 2 rings (SSSR count). The molecule has 1 saturated heterocycles. The normalized spacial score (nSPS) is 21.1. The number of ether oxygens (including phenoxy) is 1. The third-order valence-electron chi connectivity index (χ3n) is 2.54. The number of guanidine groups is 1. The van der Waals surface area contributed by atoms with E-state index >= 15 is 0 Å². The maximum absolute atomic E-state index is 5.91. The van der Waals surface area contributed by atoms with Gasteiger partial charge in [0.25, 0.3) is 0 Å². The minimum atomic E-state index is 0. The highest BCUT2D eigenvalue weighted by Gasteiger charge is 2.17. The molecule has 1 aromatic rings. The van der Waals surface area contributed by atoms with Crippen molar-refractivity contribution in [2.75, 3.05) is 19.7 Å². The molecule has 1 unspecified atom stereocenters. The predicted octanol–water partition coefficient (Wildman–Crippen LogP) is 1.43. The van der Waals surface area contributed by atoms with E-state index in [4.69, 9.17) is 14.9 Å². The first-order valence-corrected chi connectivity index (χ1v) is 5.44. The molecule has 0 saturated carbocycles. The summed E-state index contributed by atoms with van der Waals surface area (Å²) in [5.41, 5.74) is 5.91. The van der Waals surface area contributed by atoms with Crippen LogP contribution in [0, 0.1) is 0 Å². The lowest BCUT2D eigenvalue weighted by atomic mass is 10.3. The second-order valence-electron chi connectivity index (χ2n) is 3.88. The van der Waals surface area contributed by atoms with Crippen molar-refractivity contribution in [2.24, 2.45) is 10.7 Å². The first kappa shape index (κ1) is 14.3. The molecule has 1 aromatic heterocycles. The number of hydrogen-bond acceptors (Lipinski definition) is 3. The maximum atomic E-state index is 5.91. The van der Waals surface area contributed by atoms with Gasteiger partial charge in [0.1, 0.15) is 12.3 Å². The summed E-state index contributed by atoms with van der Waals surface area (Å²) in [6.07, 6.45) is 1.85. The molecule has 0 radical (unpaired) electrons. The molecule has 2 heterocycles. The van der Waals surface area contributed by atoms with Crippen LogP contribution in [0.5, 0.6) is 0 Å². The number of nitrogens with zero attached hydrogens (tertiary/aromatic N) is 2. The summed E-state index contributed by atoms with van der Waals surface area (Å²) >= 11 is 0. The Morgan fingerprint density at radius 2 is 2.47 bits per heavy atom. The highest BCUT2D eigenvalue weighted by Crippen LogP contribution is 2.05. The van der Waals surface area contributed by atoms with E-state index in [2.05, 4.69) is 4.99 Å². The van der Waals surface area contributed by atoms with E-state index in [1.807, 2.05) is 24.0 Å². The van der Waals surface area contributed by atoms with Gasteiger partial charge in [0.05, 0.1) is 19.0 Å². The summed E-state index contributed by atoms with van der Waals surface area (Å²) in [6.45, 7) is 4.83. The lowest BCUT2D eigenvalue weighted by molar-refractivity contribution is 0.00528. The Bertz CT molecular complexity index is 354. The Kier molecular flexibility index (Phi) is 5.76. The molecule has 1 atom stereocenters. The average Bonchev–Trinajstić information content (AvgIpc) is 2.78. The summed E-state index contributed by atoms with van der Waals surface area (Å²) in [6, 6.07) is 3.73. The number of furan rings is 1. The van der Waals surface area contributed by atoms with E-state index < -0.39 is 0 Å². The maximum Gasteiger partial charge on any atom is 0.191 e. The lowest BCUT2D eigenvalue weighted by Crippen LogP contribution is -2.47. The highest BCUT2D eigenvalue weighted by molar-refractivity contribution is 14.0. The number of aliphatic imine (C=N–C) groups is 1. The minimum Gasteiger partial charge on any atom is -0.467 e. The first-order chi connectivity index (χ1) is 7.75. The summed E-state index contributed by atoms with van der Waals surface area (Å²) in [4.78, 5) is 6.33. The van der Waals surface area contributed by atoms with Gasteiger partial charge in [-0.2, -0.15) is 0 Å². The molecule has 0 aliphatic carbocycles. The summed E-state index contributed by atoms with van der Waals surface area (Å²) in [5.74, 6) is 1.39. The van der Waals surface area contributed by atoms with Crippen LogP contribution in [-0.4, -0.2) is 36.7 Å². The molecule has 0 spiro atoms. The van der Waals surface area contributed by atoms with Crippen molar-refractivity contribution in [3.05, 3.63) is 24.2 Å². The molecule has 6 heteroatoms. The fraction of sp³-hybridized carbons (Fsp3) is 0.545. The second kappa shape index (κ2) is 6.85. The zero-order valence-electron chi connectivity index (χ0n) is 9.83. The number of hydrogen-bond donors (Lipinski definition) is 1. The standard InChI is InChI=1S/C11H17N3O2.HI/c1-9-8-14(4-6-15-9)11(12)13-7-10-3-2-5-16-10;/h2-3,5,9H,4,6-8H2,1H3,(H2,12,13);1H. The molecule has 2 N–H and O–H groups in total. The molecule has 5 nitrogen and oxygen atoms in total. The Balaban J connectivity index is 0.00000144. The van der Waals surface area contributed by atoms with Gasteiger partial charge in [-0.05, 0) is 19.1 Å². The van der Waals surface area contributed by atoms with Crippen LogP contribution in [0.1, 0.15) is 12.7 Å². The quantitative estimate of drug-likeness (QED) is 0.498. The third-order valence-corrected chi connectivity index (χ3v) is 2.54. The zero-order chi connectivity index (χ0) is 11.4. The van der Waals surface area contributed by atoms with Crippen molar-refractivity contribution in [3.8, 4) is 0 Å². The van der Waals surface area contributed by atoms with E-state index in [1.54, 1.807) is 6.26 Å². The van der Waals surface area contributed by atoms with Crippen molar-refractivity contribution >= 4 is 29.9 Å².